The van der Waals surface area contributed by atoms with E-state index in [1.54, 1.807) is 36.7 Å². The minimum Gasteiger partial charge on any atom is -0.486 e. The molecule has 0 aliphatic carbocycles. The van der Waals surface area contributed by atoms with Crippen LogP contribution in [0.2, 0.25) is 10.0 Å². The molecule has 1 N–H and O–H groups in total. The van der Waals surface area contributed by atoms with Crippen LogP contribution in [0.5, 0.6) is 5.75 Å². The second-order valence-electron chi connectivity index (χ2n) is 4.95. The van der Waals surface area contributed by atoms with Gasteiger partial charge in [-0.3, -0.25) is 9.97 Å². The molecule has 0 fully saturated rings. The van der Waals surface area contributed by atoms with Crippen LogP contribution in [0.25, 0.3) is 0 Å². The van der Waals surface area contributed by atoms with Gasteiger partial charge in [0.05, 0.1) is 23.0 Å². The lowest BCUT2D eigenvalue weighted by atomic mass is 10.3. The number of aromatic nitrogens is 2. The van der Waals surface area contributed by atoms with Crippen molar-refractivity contribution in [2.45, 2.75) is 13.2 Å². The van der Waals surface area contributed by atoms with Crippen LogP contribution in [0.3, 0.4) is 0 Å². The number of benzene rings is 1. The van der Waals surface area contributed by atoms with Gasteiger partial charge < -0.3 is 9.84 Å². The maximum absolute atomic E-state index is 8.58. The van der Waals surface area contributed by atoms with E-state index < -0.39 is 0 Å². The molecule has 136 valence electrons. The van der Waals surface area contributed by atoms with Gasteiger partial charge in [-0.1, -0.05) is 55.1 Å². The van der Waals surface area contributed by atoms with Crippen LogP contribution in [0, 0.1) is 0 Å². The van der Waals surface area contributed by atoms with Gasteiger partial charge in [0.1, 0.15) is 12.4 Å². The molecule has 0 aliphatic heterocycles. The third-order valence-electron chi connectivity index (χ3n) is 2.99. The van der Waals surface area contributed by atoms with Gasteiger partial charge >= 0.3 is 0 Å². The second-order valence-corrected chi connectivity index (χ2v) is 7.63. The molecule has 0 aliphatic rings. The Morgan fingerprint density at radius 3 is 2.04 bits per heavy atom. The van der Waals surface area contributed by atoms with E-state index in [1.807, 2.05) is 18.2 Å². The summed E-state index contributed by atoms with van der Waals surface area (Å²) >= 11 is 18.4. The summed E-state index contributed by atoms with van der Waals surface area (Å²) < 4.78 is 7.47. The Morgan fingerprint density at radius 1 is 0.885 bits per heavy atom. The summed E-state index contributed by atoms with van der Waals surface area (Å²) in [6.07, 6.45) is 3.36. The zero-order valence-electron chi connectivity index (χ0n) is 13.4. The van der Waals surface area contributed by atoms with Crippen molar-refractivity contribution in [1.29, 1.82) is 0 Å². The molecule has 2 heterocycles. The number of nitrogens with zero attached hydrogens (tertiary/aromatic N) is 2. The lowest BCUT2D eigenvalue weighted by Gasteiger charge is -2.07. The summed E-state index contributed by atoms with van der Waals surface area (Å²) in [5, 5.41) is 9.66. The molecule has 3 aromatic rings. The van der Waals surface area contributed by atoms with Gasteiger partial charge in [-0.2, -0.15) is 0 Å². The molecule has 4 nitrogen and oxygen atoms in total. The number of pyridine rings is 2. The lowest BCUT2D eigenvalue weighted by Crippen LogP contribution is -1.98. The molecule has 3 rings (SSSR count). The SMILES string of the molecule is Clc1ccc(OCc2cc(Br)ccn2)c(Cl)c1.OCc1cc(Br)ccn1. The summed E-state index contributed by atoms with van der Waals surface area (Å²) in [5.74, 6) is 0.595. The molecular formula is C18H14Br2Cl2N2O2. The molecular weight excluding hydrogens is 507 g/mol. The Hall–Kier alpha value is -1.18. The first-order valence-corrected chi connectivity index (χ1v) is 9.71. The first-order valence-electron chi connectivity index (χ1n) is 7.37. The molecule has 2 aromatic heterocycles. The van der Waals surface area contributed by atoms with Crippen molar-refractivity contribution in [2.24, 2.45) is 0 Å². The van der Waals surface area contributed by atoms with Crippen LogP contribution in [-0.4, -0.2) is 15.1 Å². The fourth-order valence-electron chi connectivity index (χ4n) is 1.81. The molecule has 8 heteroatoms. The molecule has 0 atom stereocenters. The Bertz CT molecular complexity index is 866. The van der Waals surface area contributed by atoms with Crippen molar-refractivity contribution in [1.82, 2.24) is 9.97 Å². The van der Waals surface area contributed by atoms with E-state index in [2.05, 4.69) is 41.8 Å². The monoisotopic (exact) mass is 518 g/mol. The number of hydrogen-bond donors (Lipinski definition) is 1. The van der Waals surface area contributed by atoms with E-state index >= 15 is 0 Å². The molecule has 0 bridgehead atoms. The van der Waals surface area contributed by atoms with E-state index in [1.165, 1.54) is 0 Å². The van der Waals surface area contributed by atoms with Gasteiger partial charge in [0, 0.05) is 26.4 Å². The van der Waals surface area contributed by atoms with Gasteiger partial charge in [0.2, 0.25) is 0 Å². The number of aliphatic hydroxyl groups excluding tert-OH is 1. The quantitative estimate of drug-likeness (QED) is 0.454. The molecule has 0 amide bonds. The summed E-state index contributed by atoms with van der Waals surface area (Å²) in [5.41, 5.74) is 1.51. The smallest absolute Gasteiger partial charge is 0.138 e. The highest BCUT2D eigenvalue weighted by atomic mass is 79.9. The van der Waals surface area contributed by atoms with Gasteiger partial charge in [-0.15, -0.1) is 0 Å². The number of aliphatic hydroxyl groups is 1. The summed E-state index contributed by atoms with van der Waals surface area (Å²) in [7, 11) is 0. The largest absolute Gasteiger partial charge is 0.486 e. The molecule has 0 spiro atoms. The summed E-state index contributed by atoms with van der Waals surface area (Å²) in [6.45, 7) is 0.361. The number of rotatable bonds is 4. The Labute approximate surface area is 178 Å². The van der Waals surface area contributed by atoms with Crippen LogP contribution in [0.4, 0.5) is 0 Å². The van der Waals surface area contributed by atoms with Gasteiger partial charge in [-0.25, -0.2) is 0 Å². The van der Waals surface area contributed by atoms with Crippen molar-refractivity contribution in [3.05, 3.63) is 85.2 Å². The summed E-state index contributed by atoms with van der Waals surface area (Å²) in [6, 6.07) is 12.5. The third kappa shape index (κ3) is 7.21. The van der Waals surface area contributed by atoms with Crippen molar-refractivity contribution < 1.29 is 9.84 Å². The zero-order chi connectivity index (χ0) is 18.9. The van der Waals surface area contributed by atoms with Crippen molar-refractivity contribution in [2.75, 3.05) is 0 Å². The number of halogens is 4. The van der Waals surface area contributed by atoms with Crippen LogP contribution in [-0.2, 0) is 13.2 Å². The van der Waals surface area contributed by atoms with Gasteiger partial charge in [0.15, 0.2) is 0 Å². The fourth-order valence-corrected chi connectivity index (χ4v) is 3.03. The Kier molecular flexibility index (Phi) is 8.81. The van der Waals surface area contributed by atoms with E-state index in [0.717, 1.165) is 14.6 Å². The van der Waals surface area contributed by atoms with Gasteiger partial charge in [-0.05, 0) is 42.5 Å². The van der Waals surface area contributed by atoms with Crippen LogP contribution in [0.15, 0.2) is 63.8 Å². The van der Waals surface area contributed by atoms with Crippen molar-refractivity contribution in [3.63, 3.8) is 0 Å². The maximum atomic E-state index is 8.58. The maximum Gasteiger partial charge on any atom is 0.138 e. The average molecular weight is 521 g/mol. The van der Waals surface area contributed by atoms with E-state index in [4.69, 9.17) is 33.0 Å². The minimum absolute atomic E-state index is 0.000556. The minimum atomic E-state index is -0.000556. The fraction of sp³-hybridized carbons (Fsp3) is 0.111. The lowest BCUT2D eigenvalue weighted by molar-refractivity contribution is 0.277. The number of hydrogen-bond acceptors (Lipinski definition) is 4. The number of ether oxygens (including phenoxy) is 1. The normalized spacial score (nSPS) is 10.0. The van der Waals surface area contributed by atoms with Gasteiger partial charge in [0.25, 0.3) is 0 Å². The van der Waals surface area contributed by atoms with Crippen molar-refractivity contribution >= 4 is 55.1 Å². The molecule has 0 saturated carbocycles. The van der Waals surface area contributed by atoms with Crippen molar-refractivity contribution in [3.8, 4) is 5.75 Å². The Morgan fingerprint density at radius 2 is 1.50 bits per heavy atom. The molecule has 0 unspecified atom stereocenters. The van der Waals surface area contributed by atoms with E-state index in [9.17, 15) is 0 Å². The topological polar surface area (TPSA) is 55.2 Å². The molecule has 0 radical (unpaired) electrons. The molecule has 1 aromatic carbocycles. The highest BCUT2D eigenvalue weighted by Crippen LogP contribution is 2.28. The summed E-state index contributed by atoms with van der Waals surface area (Å²) in [4.78, 5) is 8.06. The average Bonchev–Trinajstić information content (AvgIpc) is 2.61. The molecule has 0 saturated heterocycles. The highest BCUT2D eigenvalue weighted by molar-refractivity contribution is 9.10. The Balaban J connectivity index is 0.000000228. The van der Waals surface area contributed by atoms with E-state index in [-0.39, 0.29) is 6.61 Å². The second kappa shape index (κ2) is 10.8. The first kappa shape index (κ1) is 21.1. The zero-order valence-corrected chi connectivity index (χ0v) is 18.1. The predicted molar refractivity (Wildman–Crippen MR) is 111 cm³/mol. The standard InChI is InChI=1S/C12H8BrCl2NO.C6H6BrNO/c13-8-3-4-16-10(5-8)7-17-12-2-1-9(14)6-11(12)15;7-5-1-2-8-6(3-5)4-9/h1-6H,7H2;1-3,9H,4H2. The first-order chi connectivity index (χ1) is 12.5. The third-order valence-corrected chi connectivity index (χ3v) is 4.51. The van der Waals surface area contributed by atoms with Crippen LogP contribution >= 0.6 is 55.1 Å². The predicted octanol–water partition coefficient (Wildman–Crippen LogP) is 6.07. The van der Waals surface area contributed by atoms with Crippen LogP contribution < -0.4 is 4.74 Å². The molecule has 26 heavy (non-hydrogen) atoms. The highest BCUT2D eigenvalue weighted by Gasteiger charge is 2.03. The van der Waals surface area contributed by atoms with Crippen LogP contribution in [0.1, 0.15) is 11.4 Å². The van der Waals surface area contributed by atoms with E-state index in [0.29, 0.717) is 28.1 Å².